The summed E-state index contributed by atoms with van der Waals surface area (Å²) in [5, 5.41) is 14.5. The molecular formula is C28H28N2O5. The van der Waals surface area contributed by atoms with Gasteiger partial charge in [0, 0.05) is 24.6 Å². The molecule has 0 heterocycles. The Hall–Kier alpha value is -4.13. The summed E-state index contributed by atoms with van der Waals surface area (Å²) in [6, 6.07) is 23.1. The highest BCUT2D eigenvalue weighted by molar-refractivity contribution is 5.94. The molecule has 0 aromatic heterocycles. The lowest BCUT2D eigenvalue weighted by molar-refractivity contribution is -0.141. The lowest BCUT2D eigenvalue weighted by Gasteiger charge is -2.14. The molecule has 3 N–H and O–H groups in total. The second-order valence-electron chi connectivity index (χ2n) is 8.53. The molecule has 0 saturated heterocycles. The summed E-state index contributed by atoms with van der Waals surface area (Å²) in [5.74, 6) is -1.87. The van der Waals surface area contributed by atoms with Gasteiger partial charge in [0.1, 0.15) is 6.61 Å². The van der Waals surface area contributed by atoms with Crippen molar-refractivity contribution in [3.63, 3.8) is 0 Å². The van der Waals surface area contributed by atoms with Crippen LogP contribution in [0.3, 0.4) is 0 Å². The maximum Gasteiger partial charge on any atom is 0.407 e. The Morgan fingerprint density at radius 1 is 0.886 bits per heavy atom. The van der Waals surface area contributed by atoms with Crippen molar-refractivity contribution in [1.82, 2.24) is 10.6 Å². The van der Waals surface area contributed by atoms with E-state index in [1.807, 2.05) is 24.3 Å². The van der Waals surface area contributed by atoms with Crippen LogP contribution in [0.4, 0.5) is 4.79 Å². The van der Waals surface area contributed by atoms with Crippen LogP contribution in [0.25, 0.3) is 11.1 Å². The minimum absolute atomic E-state index is 0.000575. The highest BCUT2D eigenvalue weighted by Gasteiger charge is 2.29. The normalized spacial score (nSPS) is 12.8. The molecule has 1 aliphatic carbocycles. The van der Waals surface area contributed by atoms with E-state index in [-0.39, 0.29) is 31.5 Å². The van der Waals surface area contributed by atoms with Gasteiger partial charge in [0.25, 0.3) is 5.91 Å². The van der Waals surface area contributed by atoms with Crippen molar-refractivity contribution in [2.75, 3.05) is 13.2 Å². The van der Waals surface area contributed by atoms with Gasteiger partial charge < -0.3 is 20.5 Å². The van der Waals surface area contributed by atoms with E-state index in [0.717, 1.165) is 16.7 Å². The van der Waals surface area contributed by atoms with Gasteiger partial charge in [-0.2, -0.15) is 0 Å². The highest BCUT2D eigenvalue weighted by Crippen LogP contribution is 2.44. The quantitative estimate of drug-likeness (QED) is 0.423. The number of hydrogen-bond donors (Lipinski definition) is 3. The van der Waals surface area contributed by atoms with E-state index in [2.05, 4.69) is 34.9 Å². The van der Waals surface area contributed by atoms with Crippen LogP contribution in [0.2, 0.25) is 0 Å². The first-order valence-corrected chi connectivity index (χ1v) is 11.7. The summed E-state index contributed by atoms with van der Waals surface area (Å²) >= 11 is 0. The number of benzene rings is 3. The molecule has 3 aromatic rings. The zero-order valence-electron chi connectivity index (χ0n) is 19.5. The molecule has 0 fully saturated rings. The molecule has 0 spiro atoms. The SMILES string of the molecule is CCC(CNC(=O)c1ccc(CNC(=O)OCC2c3ccccc3-c3ccccc32)cc1)C(=O)O. The molecule has 2 amide bonds. The number of amides is 2. The molecule has 3 aromatic carbocycles. The minimum Gasteiger partial charge on any atom is -0.481 e. The summed E-state index contributed by atoms with van der Waals surface area (Å²) < 4.78 is 5.55. The van der Waals surface area contributed by atoms with E-state index in [4.69, 9.17) is 9.84 Å². The van der Waals surface area contributed by atoms with Crippen LogP contribution in [-0.4, -0.2) is 36.2 Å². The fourth-order valence-electron chi connectivity index (χ4n) is 4.32. The summed E-state index contributed by atoms with van der Waals surface area (Å²) in [6.45, 7) is 2.35. The third kappa shape index (κ3) is 5.51. The number of carboxylic acids is 1. The molecule has 0 radical (unpaired) electrons. The van der Waals surface area contributed by atoms with Gasteiger partial charge in [0.05, 0.1) is 5.92 Å². The predicted molar refractivity (Wildman–Crippen MR) is 132 cm³/mol. The van der Waals surface area contributed by atoms with Crippen molar-refractivity contribution in [2.24, 2.45) is 5.92 Å². The monoisotopic (exact) mass is 472 g/mol. The first kappa shape index (κ1) is 24.0. The Bertz CT molecular complexity index is 1180. The molecule has 1 unspecified atom stereocenters. The highest BCUT2D eigenvalue weighted by atomic mass is 16.5. The average Bonchev–Trinajstić information content (AvgIpc) is 3.20. The van der Waals surface area contributed by atoms with Crippen molar-refractivity contribution in [1.29, 1.82) is 0 Å². The lowest BCUT2D eigenvalue weighted by Crippen LogP contribution is -2.32. The number of carboxylic acid groups (broad SMARTS) is 1. The van der Waals surface area contributed by atoms with Gasteiger partial charge in [-0.05, 0) is 46.4 Å². The predicted octanol–water partition coefficient (Wildman–Crippen LogP) is 4.57. The van der Waals surface area contributed by atoms with E-state index in [9.17, 15) is 14.4 Å². The molecule has 7 heteroatoms. The standard InChI is InChI=1S/C28H28N2O5/c1-2-19(27(32)33)16-29-26(31)20-13-11-18(12-14-20)15-30-28(34)35-17-25-23-9-5-3-7-21(23)22-8-4-6-10-24(22)25/h3-14,19,25H,2,15-17H2,1H3,(H,29,31)(H,30,34)(H,32,33). The fraction of sp³-hybridized carbons (Fsp3) is 0.250. The van der Waals surface area contributed by atoms with Crippen LogP contribution in [0, 0.1) is 5.92 Å². The lowest BCUT2D eigenvalue weighted by atomic mass is 9.98. The molecule has 4 rings (SSSR count). The van der Waals surface area contributed by atoms with Crippen molar-refractivity contribution >= 4 is 18.0 Å². The van der Waals surface area contributed by atoms with Crippen LogP contribution in [-0.2, 0) is 16.1 Å². The smallest absolute Gasteiger partial charge is 0.407 e. The van der Waals surface area contributed by atoms with Crippen LogP contribution in [0.1, 0.15) is 46.3 Å². The zero-order valence-corrected chi connectivity index (χ0v) is 19.5. The number of carbonyl (C=O) groups is 3. The summed E-state index contributed by atoms with van der Waals surface area (Å²) in [7, 11) is 0. The molecule has 7 nitrogen and oxygen atoms in total. The van der Waals surface area contributed by atoms with E-state index in [1.165, 1.54) is 11.1 Å². The number of alkyl carbamates (subject to hydrolysis) is 1. The Labute approximate surface area is 204 Å². The number of nitrogens with one attached hydrogen (secondary N) is 2. The third-order valence-electron chi connectivity index (χ3n) is 6.35. The zero-order chi connectivity index (χ0) is 24.8. The van der Waals surface area contributed by atoms with Crippen molar-refractivity contribution < 1.29 is 24.2 Å². The molecule has 1 atom stereocenters. The Morgan fingerprint density at radius 3 is 2.06 bits per heavy atom. The van der Waals surface area contributed by atoms with E-state index in [0.29, 0.717) is 12.0 Å². The average molecular weight is 473 g/mol. The Balaban J connectivity index is 1.27. The largest absolute Gasteiger partial charge is 0.481 e. The van der Waals surface area contributed by atoms with Gasteiger partial charge in [0.15, 0.2) is 0 Å². The number of ether oxygens (including phenoxy) is 1. The Kier molecular flexibility index (Phi) is 7.45. The van der Waals surface area contributed by atoms with E-state index in [1.54, 1.807) is 31.2 Å². The van der Waals surface area contributed by atoms with Crippen LogP contribution < -0.4 is 10.6 Å². The summed E-state index contributed by atoms with van der Waals surface area (Å²) in [5.41, 5.74) is 5.90. The van der Waals surface area contributed by atoms with Gasteiger partial charge in [-0.15, -0.1) is 0 Å². The summed E-state index contributed by atoms with van der Waals surface area (Å²) in [4.78, 5) is 35.7. The molecule has 180 valence electrons. The molecular weight excluding hydrogens is 444 g/mol. The second kappa shape index (κ2) is 10.9. The van der Waals surface area contributed by atoms with E-state index < -0.39 is 18.0 Å². The molecule has 0 bridgehead atoms. The number of rotatable bonds is 9. The Morgan fingerprint density at radius 2 is 1.49 bits per heavy atom. The number of fused-ring (bicyclic) bond motifs is 3. The van der Waals surface area contributed by atoms with Crippen LogP contribution in [0.5, 0.6) is 0 Å². The number of hydrogen-bond acceptors (Lipinski definition) is 4. The number of aliphatic carboxylic acids is 1. The van der Waals surface area contributed by atoms with Gasteiger partial charge >= 0.3 is 12.1 Å². The second-order valence-corrected chi connectivity index (χ2v) is 8.53. The fourth-order valence-corrected chi connectivity index (χ4v) is 4.32. The maximum atomic E-state index is 12.4. The van der Waals surface area contributed by atoms with Crippen LogP contribution in [0.15, 0.2) is 72.8 Å². The van der Waals surface area contributed by atoms with Gasteiger partial charge in [-0.3, -0.25) is 9.59 Å². The topological polar surface area (TPSA) is 105 Å². The maximum absolute atomic E-state index is 12.4. The van der Waals surface area contributed by atoms with Crippen molar-refractivity contribution in [2.45, 2.75) is 25.8 Å². The molecule has 0 aliphatic heterocycles. The number of carbonyl (C=O) groups excluding carboxylic acids is 2. The van der Waals surface area contributed by atoms with Gasteiger partial charge in [-0.25, -0.2) is 4.79 Å². The van der Waals surface area contributed by atoms with E-state index >= 15 is 0 Å². The van der Waals surface area contributed by atoms with Crippen LogP contribution >= 0.6 is 0 Å². The summed E-state index contributed by atoms with van der Waals surface area (Å²) in [6.07, 6.45) is -0.0660. The van der Waals surface area contributed by atoms with Gasteiger partial charge in [0.2, 0.25) is 0 Å². The minimum atomic E-state index is -0.928. The first-order valence-electron chi connectivity index (χ1n) is 11.7. The third-order valence-corrected chi connectivity index (χ3v) is 6.35. The molecule has 35 heavy (non-hydrogen) atoms. The molecule has 1 aliphatic rings. The van der Waals surface area contributed by atoms with Gasteiger partial charge in [-0.1, -0.05) is 67.6 Å². The molecule has 0 saturated carbocycles. The van der Waals surface area contributed by atoms with Crippen molar-refractivity contribution in [3.05, 3.63) is 95.1 Å². The van der Waals surface area contributed by atoms with Crippen molar-refractivity contribution in [3.8, 4) is 11.1 Å². The first-order chi connectivity index (χ1) is 17.0.